The van der Waals surface area contributed by atoms with E-state index in [2.05, 4.69) is 17.4 Å². The Kier molecular flexibility index (Phi) is 3.32. The van der Waals surface area contributed by atoms with Crippen molar-refractivity contribution < 1.29 is 4.92 Å². The molecule has 2 unspecified atom stereocenters. The highest BCUT2D eigenvalue weighted by Crippen LogP contribution is 2.44. The van der Waals surface area contributed by atoms with Crippen molar-refractivity contribution in [2.24, 2.45) is 0 Å². The Morgan fingerprint density at radius 1 is 1.20 bits per heavy atom. The molecule has 1 saturated carbocycles. The van der Waals surface area contributed by atoms with Gasteiger partial charge in [0.15, 0.2) is 0 Å². The highest BCUT2D eigenvalue weighted by molar-refractivity contribution is 6.31. The lowest BCUT2D eigenvalue weighted by molar-refractivity contribution is -0.384. The molecule has 0 amide bonds. The van der Waals surface area contributed by atoms with Crippen molar-refractivity contribution >= 4 is 23.0 Å². The van der Waals surface area contributed by atoms with Crippen molar-refractivity contribution in [3.8, 4) is 0 Å². The van der Waals surface area contributed by atoms with Gasteiger partial charge in [0.1, 0.15) is 5.69 Å². The molecule has 20 heavy (non-hydrogen) atoms. The number of nitro groups is 1. The summed E-state index contributed by atoms with van der Waals surface area (Å²) in [6, 6.07) is 15.0. The third-order valence-electron chi connectivity index (χ3n) is 3.51. The van der Waals surface area contributed by atoms with E-state index in [1.54, 1.807) is 6.07 Å². The molecular weight excluding hydrogens is 276 g/mol. The van der Waals surface area contributed by atoms with Crippen LogP contribution in [0, 0.1) is 10.1 Å². The van der Waals surface area contributed by atoms with Crippen molar-refractivity contribution in [3.05, 3.63) is 69.2 Å². The Bertz CT molecular complexity index is 646. The fourth-order valence-corrected chi connectivity index (χ4v) is 2.58. The average molecular weight is 289 g/mol. The number of rotatable bonds is 4. The second-order valence-electron chi connectivity index (χ2n) is 4.92. The molecule has 0 spiro atoms. The Morgan fingerprint density at radius 3 is 2.65 bits per heavy atom. The third kappa shape index (κ3) is 2.60. The van der Waals surface area contributed by atoms with Crippen molar-refractivity contribution in [2.45, 2.75) is 18.4 Å². The van der Waals surface area contributed by atoms with E-state index >= 15 is 0 Å². The monoisotopic (exact) mass is 288 g/mol. The Morgan fingerprint density at radius 2 is 1.95 bits per heavy atom. The smallest absolute Gasteiger partial charge is 0.292 e. The minimum absolute atomic E-state index is 0.0631. The number of benzene rings is 2. The molecule has 1 aliphatic carbocycles. The van der Waals surface area contributed by atoms with Gasteiger partial charge < -0.3 is 5.32 Å². The molecule has 102 valence electrons. The number of hydrogen-bond donors (Lipinski definition) is 1. The minimum atomic E-state index is -0.390. The normalized spacial score (nSPS) is 20.4. The lowest BCUT2D eigenvalue weighted by atomic mass is 10.1. The SMILES string of the molecule is O=[N+]([O-])c1ccc(Cl)cc1NC1CC1c1ccccc1. The van der Waals surface area contributed by atoms with Crippen LogP contribution >= 0.6 is 11.6 Å². The molecule has 5 heteroatoms. The van der Waals surface area contributed by atoms with Crippen LogP contribution in [0.5, 0.6) is 0 Å². The summed E-state index contributed by atoms with van der Waals surface area (Å²) in [4.78, 5) is 10.6. The number of anilines is 1. The summed E-state index contributed by atoms with van der Waals surface area (Å²) in [5.74, 6) is 0.412. The first kappa shape index (κ1) is 12.9. The van der Waals surface area contributed by atoms with Crippen LogP contribution in [0.1, 0.15) is 17.9 Å². The van der Waals surface area contributed by atoms with Gasteiger partial charge in [0.25, 0.3) is 5.69 Å². The molecule has 2 aromatic rings. The summed E-state index contributed by atoms with van der Waals surface area (Å²) >= 11 is 5.92. The lowest BCUT2D eigenvalue weighted by Crippen LogP contribution is -2.06. The Labute approximate surface area is 121 Å². The van der Waals surface area contributed by atoms with Gasteiger partial charge in [0, 0.05) is 23.0 Å². The van der Waals surface area contributed by atoms with E-state index in [9.17, 15) is 10.1 Å². The predicted molar refractivity (Wildman–Crippen MR) is 79.3 cm³/mol. The van der Waals surface area contributed by atoms with Gasteiger partial charge in [0.2, 0.25) is 0 Å². The van der Waals surface area contributed by atoms with Gasteiger partial charge in [-0.3, -0.25) is 10.1 Å². The first-order valence-electron chi connectivity index (χ1n) is 6.40. The topological polar surface area (TPSA) is 55.2 Å². The Hall–Kier alpha value is -2.07. The third-order valence-corrected chi connectivity index (χ3v) is 3.75. The van der Waals surface area contributed by atoms with Crippen LogP contribution in [-0.2, 0) is 0 Å². The molecule has 2 aromatic carbocycles. The largest absolute Gasteiger partial charge is 0.376 e. The zero-order valence-corrected chi connectivity index (χ0v) is 11.4. The van der Waals surface area contributed by atoms with E-state index in [0.29, 0.717) is 16.6 Å². The molecule has 1 N–H and O–H groups in total. The number of nitro benzene ring substituents is 1. The van der Waals surface area contributed by atoms with Crippen molar-refractivity contribution in [3.63, 3.8) is 0 Å². The van der Waals surface area contributed by atoms with Gasteiger partial charge in [-0.15, -0.1) is 0 Å². The number of nitrogens with one attached hydrogen (secondary N) is 1. The van der Waals surface area contributed by atoms with E-state index < -0.39 is 4.92 Å². The average Bonchev–Trinajstić information content (AvgIpc) is 3.19. The highest BCUT2D eigenvalue weighted by Gasteiger charge is 2.39. The molecular formula is C15H13ClN2O2. The van der Waals surface area contributed by atoms with Gasteiger partial charge in [0.05, 0.1) is 4.92 Å². The fourth-order valence-electron chi connectivity index (χ4n) is 2.41. The maximum absolute atomic E-state index is 11.0. The molecule has 0 radical (unpaired) electrons. The molecule has 2 atom stereocenters. The summed E-state index contributed by atoms with van der Waals surface area (Å²) in [6.45, 7) is 0. The lowest BCUT2D eigenvalue weighted by Gasteiger charge is -2.07. The molecule has 0 saturated heterocycles. The van der Waals surface area contributed by atoms with Crippen LogP contribution in [0.25, 0.3) is 0 Å². The summed E-state index contributed by atoms with van der Waals surface area (Å²) in [6.07, 6.45) is 0.980. The first-order chi connectivity index (χ1) is 9.65. The predicted octanol–water partition coefficient (Wildman–Crippen LogP) is 4.22. The van der Waals surface area contributed by atoms with E-state index in [-0.39, 0.29) is 11.7 Å². The second kappa shape index (κ2) is 5.13. The number of halogens is 1. The molecule has 1 fully saturated rings. The van der Waals surface area contributed by atoms with Crippen LogP contribution in [0.2, 0.25) is 5.02 Å². The zero-order chi connectivity index (χ0) is 14.1. The summed E-state index contributed by atoms with van der Waals surface area (Å²) in [7, 11) is 0. The van der Waals surface area contributed by atoms with Crippen LogP contribution in [0.15, 0.2) is 48.5 Å². The van der Waals surface area contributed by atoms with Crippen LogP contribution in [0.4, 0.5) is 11.4 Å². The fraction of sp³-hybridized carbons (Fsp3) is 0.200. The number of nitrogens with zero attached hydrogens (tertiary/aromatic N) is 1. The molecule has 0 bridgehead atoms. The summed E-state index contributed by atoms with van der Waals surface area (Å²) in [5, 5.41) is 14.7. The van der Waals surface area contributed by atoms with Gasteiger partial charge in [-0.1, -0.05) is 41.9 Å². The van der Waals surface area contributed by atoms with Crippen LogP contribution in [0.3, 0.4) is 0 Å². The highest BCUT2D eigenvalue weighted by atomic mass is 35.5. The quantitative estimate of drug-likeness (QED) is 0.677. The maximum atomic E-state index is 11.0. The van der Waals surface area contributed by atoms with Gasteiger partial charge >= 0.3 is 0 Å². The molecule has 0 aliphatic heterocycles. The molecule has 0 heterocycles. The summed E-state index contributed by atoms with van der Waals surface area (Å²) < 4.78 is 0. The zero-order valence-electron chi connectivity index (χ0n) is 10.6. The van der Waals surface area contributed by atoms with Gasteiger partial charge in [-0.05, 0) is 24.1 Å². The maximum Gasteiger partial charge on any atom is 0.292 e. The summed E-state index contributed by atoms with van der Waals surface area (Å²) in [5.41, 5.74) is 1.81. The van der Waals surface area contributed by atoms with Crippen molar-refractivity contribution in [1.29, 1.82) is 0 Å². The molecule has 1 aliphatic rings. The Balaban J connectivity index is 1.77. The minimum Gasteiger partial charge on any atom is -0.376 e. The van der Waals surface area contributed by atoms with Gasteiger partial charge in [-0.2, -0.15) is 0 Å². The number of hydrogen-bond acceptors (Lipinski definition) is 3. The van der Waals surface area contributed by atoms with E-state index in [1.807, 2.05) is 18.2 Å². The van der Waals surface area contributed by atoms with E-state index in [1.165, 1.54) is 17.7 Å². The first-order valence-corrected chi connectivity index (χ1v) is 6.78. The van der Waals surface area contributed by atoms with Gasteiger partial charge in [-0.25, -0.2) is 0 Å². The molecule has 0 aromatic heterocycles. The van der Waals surface area contributed by atoms with Crippen molar-refractivity contribution in [2.75, 3.05) is 5.32 Å². The molecule has 3 rings (SSSR count). The van der Waals surface area contributed by atoms with Crippen LogP contribution < -0.4 is 5.32 Å². The molecule has 4 nitrogen and oxygen atoms in total. The second-order valence-corrected chi connectivity index (χ2v) is 5.36. The standard InChI is InChI=1S/C15H13ClN2O2/c16-11-6-7-15(18(19)20)14(8-11)17-13-9-12(13)10-4-2-1-3-5-10/h1-8,12-13,17H,9H2. The van der Waals surface area contributed by atoms with E-state index in [4.69, 9.17) is 11.6 Å². The van der Waals surface area contributed by atoms with Crippen LogP contribution in [-0.4, -0.2) is 11.0 Å². The van der Waals surface area contributed by atoms with E-state index in [0.717, 1.165) is 6.42 Å². The van der Waals surface area contributed by atoms with Crippen molar-refractivity contribution in [1.82, 2.24) is 0 Å².